The van der Waals surface area contributed by atoms with Crippen LogP contribution in [0, 0.1) is 0 Å². The summed E-state index contributed by atoms with van der Waals surface area (Å²) < 4.78 is 40.1. The first kappa shape index (κ1) is 33.1. The van der Waals surface area contributed by atoms with Crippen LogP contribution in [0.5, 0.6) is 0 Å². The Balaban J connectivity index is 0.00000216. The van der Waals surface area contributed by atoms with E-state index in [0.717, 1.165) is 67.7 Å². The molecule has 0 saturated carbocycles. The third-order valence-electron chi connectivity index (χ3n) is 6.17. The van der Waals surface area contributed by atoms with Gasteiger partial charge < -0.3 is 20.2 Å². The summed E-state index contributed by atoms with van der Waals surface area (Å²) in [6.07, 6.45) is -3.47. The van der Waals surface area contributed by atoms with Crippen molar-refractivity contribution in [3.05, 3.63) is 48.0 Å². The summed E-state index contributed by atoms with van der Waals surface area (Å²) in [6.45, 7) is 8.29. The molecule has 204 valence electrons. The van der Waals surface area contributed by atoms with Crippen LogP contribution >= 0.6 is 49.0 Å². The van der Waals surface area contributed by atoms with Crippen molar-refractivity contribution in [3.63, 3.8) is 0 Å². The van der Waals surface area contributed by atoms with E-state index in [0.29, 0.717) is 18.8 Å². The minimum atomic E-state index is -4.35. The SMILES string of the molecule is Cl.Cl.Cl.OCCNCCN1CCN(CCCN2c3ccccc3Sc3ccc(C(F)(F)F)cc32)CC1. The average Bonchev–Trinajstić information content (AvgIpc) is 2.81. The fraction of sp³-hybridized carbons (Fsp3) is 0.500. The quantitative estimate of drug-likeness (QED) is 0.394. The van der Waals surface area contributed by atoms with Crippen molar-refractivity contribution < 1.29 is 18.3 Å². The molecule has 2 aliphatic heterocycles. The van der Waals surface area contributed by atoms with E-state index in [2.05, 4.69) is 20.0 Å². The van der Waals surface area contributed by atoms with Crippen LogP contribution < -0.4 is 10.2 Å². The molecule has 36 heavy (non-hydrogen) atoms. The van der Waals surface area contributed by atoms with E-state index >= 15 is 0 Å². The van der Waals surface area contributed by atoms with Crippen molar-refractivity contribution in [3.8, 4) is 0 Å². The van der Waals surface area contributed by atoms with Gasteiger partial charge >= 0.3 is 6.18 Å². The normalized spacial score (nSPS) is 15.7. The number of nitrogens with zero attached hydrogens (tertiary/aromatic N) is 3. The number of hydrogen-bond acceptors (Lipinski definition) is 6. The first-order valence-corrected chi connectivity index (χ1v) is 12.3. The fourth-order valence-electron chi connectivity index (χ4n) is 4.38. The number of nitrogens with one attached hydrogen (secondary N) is 1. The summed E-state index contributed by atoms with van der Waals surface area (Å²) in [5, 5.41) is 12.0. The Morgan fingerprint density at radius 3 is 2.11 bits per heavy atom. The fourth-order valence-corrected chi connectivity index (χ4v) is 5.45. The van der Waals surface area contributed by atoms with Crippen molar-refractivity contribution in [1.29, 1.82) is 0 Å². The predicted molar refractivity (Wildman–Crippen MR) is 148 cm³/mol. The molecular formula is C24H34Cl3F3N4OS. The Bertz CT molecular complexity index is 934. The molecule has 0 aliphatic carbocycles. The first-order valence-electron chi connectivity index (χ1n) is 11.5. The zero-order chi connectivity index (χ0) is 23.3. The molecule has 12 heteroatoms. The first-order chi connectivity index (χ1) is 16.0. The van der Waals surface area contributed by atoms with Crippen LogP contribution in [0.3, 0.4) is 0 Å². The van der Waals surface area contributed by atoms with Crippen LogP contribution in [-0.4, -0.2) is 80.4 Å². The lowest BCUT2D eigenvalue weighted by molar-refractivity contribution is -0.137. The maximum atomic E-state index is 13.4. The van der Waals surface area contributed by atoms with Gasteiger partial charge in [0.1, 0.15) is 0 Å². The lowest BCUT2D eigenvalue weighted by Crippen LogP contribution is -2.48. The number of fused-ring (bicyclic) bond motifs is 2. The molecule has 2 aromatic rings. The molecule has 0 bridgehead atoms. The summed E-state index contributed by atoms with van der Waals surface area (Å²) >= 11 is 1.53. The van der Waals surface area contributed by atoms with Gasteiger partial charge in [-0.15, -0.1) is 37.2 Å². The largest absolute Gasteiger partial charge is 0.416 e. The predicted octanol–water partition coefficient (Wildman–Crippen LogP) is 5.16. The Kier molecular flexibility index (Phi) is 14.2. The van der Waals surface area contributed by atoms with E-state index in [9.17, 15) is 13.2 Å². The second-order valence-corrected chi connectivity index (χ2v) is 9.50. The number of para-hydroxylation sites is 1. The molecule has 2 N–H and O–H groups in total. The summed E-state index contributed by atoms with van der Waals surface area (Å²) in [5.74, 6) is 0. The van der Waals surface area contributed by atoms with Crippen LogP contribution in [0.1, 0.15) is 12.0 Å². The van der Waals surface area contributed by atoms with Gasteiger partial charge in [0.05, 0.1) is 23.5 Å². The number of piperazine rings is 1. The highest BCUT2D eigenvalue weighted by atomic mass is 35.5. The van der Waals surface area contributed by atoms with Crippen molar-refractivity contribution in [1.82, 2.24) is 15.1 Å². The molecule has 1 fully saturated rings. The van der Waals surface area contributed by atoms with Crippen LogP contribution in [0.2, 0.25) is 0 Å². The van der Waals surface area contributed by atoms with Gasteiger partial charge in [-0.05, 0) is 43.3 Å². The van der Waals surface area contributed by atoms with Gasteiger partial charge in [0.2, 0.25) is 0 Å². The van der Waals surface area contributed by atoms with Gasteiger partial charge in [-0.1, -0.05) is 23.9 Å². The number of hydrogen-bond donors (Lipinski definition) is 2. The highest BCUT2D eigenvalue weighted by molar-refractivity contribution is 7.99. The van der Waals surface area contributed by atoms with E-state index in [1.165, 1.54) is 23.9 Å². The lowest BCUT2D eigenvalue weighted by atomic mass is 10.1. The third kappa shape index (κ3) is 8.56. The van der Waals surface area contributed by atoms with Crippen molar-refractivity contribution in [2.45, 2.75) is 22.4 Å². The number of aliphatic hydroxyl groups is 1. The Morgan fingerprint density at radius 2 is 1.44 bits per heavy atom. The molecule has 2 aliphatic rings. The molecule has 0 unspecified atom stereocenters. The summed E-state index contributed by atoms with van der Waals surface area (Å²) in [4.78, 5) is 8.86. The Hall–Kier alpha value is -0.910. The molecule has 0 amide bonds. The maximum absolute atomic E-state index is 13.4. The molecule has 0 spiro atoms. The minimum Gasteiger partial charge on any atom is -0.395 e. The Labute approximate surface area is 234 Å². The van der Waals surface area contributed by atoms with Gasteiger partial charge in [-0.2, -0.15) is 13.2 Å². The third-order valence-corrected chi connectivity index (χ3v) is 7.30. The van der Waals surface area contributed by atoms with Crippen LogP contribution in [0.15, 0.2) is 52.3 Å². The zero-order valence-corrected chi connectivity index (χ0v) is 23.1. The minimum absolute atomic E-state index is 0. The van der Waals surface area contributed by atoms with Crippen LogP contribution in [0.4, 0.5) is 24.5 Å². The highest BCUT2D eigenvalue weighted by Crippen LogP contribution is 2.49. The Morgan fingerprint density at radius 1 is 0.806 bits per heavy atom. The number of rotatable bonds is 9. The van der Waals surface area contributed by atoms with Gasteiger partial charge in [-0.3, -0.25) is 4.90 Å². The topological polar surface area (TPSA) is 42.0 Å². The molecule has 0 aromatic heterocycles. The maximum Gasteiger partial charge on any atom is 0.416 e. The molecule has 0 atom stereocenters. The van der Waals surface area contributed by atoms with Crippen LogP contribution in [0.25, 0.3) is 0 Å². The zero-order valence-electron chi connectivity index (χ0n) is 19.9. The standard InChI is InChI=1S/C24H31F3N4OS.3ClH/c25-24(26,27)19-6-7-23-21(18-19)31(20-4-1-2-5-22(20)33-23)11-3-10-29-13-15-30(16-14-29)12-8-28-9-17-32;;;/h1-2,4-7,18,28,32H,3,8-17H2;3*1H. The van der Waals surface area contributed by atoms with Gasteiger partial charge in [0.25, 0.3) is 0 Å². The number of alkyl halides is 3. The van der Waals surface area contributed by atoms with E-state index in [-0.39, 0.29) is 43.8 Å². The van der Waals surface area contributed by atoms with Gasteiger partial charge in [-0.25, -0.2) is 0 Å². The van der Waals surface area contributed by atoms with Gasteiger partial charge in [0, 0.05) is 62.1 Å². The summed E-state index contributed by atoms with van der Waals surface area (Å²) in [6, 6.07) is 12.0. The second-order valence-electron chi connectivity index (χ2n) is 8.41. The number of aliphatic hydroxyl groups excluding tert-OH is 1. The lowest BCUT2D eigenvalue weighted by Gasteiger charge is -2.36. The number of anilines is 2. The molecule has 5 nitrogen and oxygen atoms in total. The van der Waals surface area contributed by atoms with E-state index < -0.39 is 11.7 Å². The second kappa shape index (κ2) is 15.5. The van der Waals surface area contributed by atoms with E-state index in [1.54, 1.807) is 6.07 Å². The monoisotopic (exact) mass is 588 g/mol. The summed E-state index contributed by atoms with van der Waals surface area (Å²) in [7, 11) is 0. The highest BCUT2D eigenvalue weighted by Gasteiger charge is 2.33. The molecule has 2 aromatic carbocycles. The van der Waals surface area contributed by atoms with Crippen molar-refractivity contribution in [2.24, 2.45) is 0 Å². The van der Waals surface area contributed by atoms with E-state index in [4.69, 9.17) is 5.11 Å². The van der Waals surface area contributed by atoms with Crippen molar-refractivity contribution >= 4 is 60.4 Å². The molecular weight excluding hydrogens is 556 g/mol. The molecule has 0 radical (unpaired) electrons. The smallest absolute Gasteiger partial charge is 0.395 e. The van der Waals surface area contributed by atoms with E-state index in [1.807, 2.05) is 24.3 Å². The summed E-state index contributed by atoms with van der Waals surface area (Å²) in [5.41, 5.74) is 1.03. The van der Waals surface area contributed by atoms with Gasteiger partial charge in [0.15, 0.2) is 0 Å². The average molecular weight is 590 g/mol. The molecule has 2 heterocycles. The number of benzene rings is 2. The van der Waals surface area contributed by atoms with Crippen molar-refractivity contribution in [2.75, 3.05) is 70.4 Å². The molecule has 1 saturated heterocycles. The van der Waals surface area contributed by atoms with Crippen LogP contribution in [-0.2, 0) is 6.18 Å². The molecule has 4 rings (SSSR count). The number of halogens is 6.